The lowest BCUT2D eigenvalue weighted by molar-refractivity contribution is 0.147. The third-order valence-electron chi connectivity index (χ3n) is 7.10. The number of fused-ring (bicyclic) bond motifs is 1. The van der Waals surface area contributed by atoms with Crippen molar-refractivity contribution in [3.05, 3.63) is 58.7 Å². The molecule has 0 spiro atoms. The zero-order chi connectivity index (χ0) is 23.7. The molecule has 0 amide bonds. The largest absolute Gasteiger partial charge is 0.493 e. The molecule has 2 aliphatic rings. The molecule has 0 unspecified atom stereocenters. The number of halogens is 1. The van der Waals surface area contributed by atoms with Gasteiger partial charge in [0.25, 0.3) is 10.0 Å². The second-order valence-electron chi connectivity index (χ2n) is 9.60. The first-order chi connectivity index (χ1) is 16.4. The molecule has 1 saturated carbocycles. The van der Waals surface area contributed by atoms with Crippen molar-refractivity contribution in [2.75, 3.05) is 39.8 Å². The average Bonchev–Trinajstić information content (AvgIpc) is 3.47. The van der Waals surface area contributed by atoms with Crippen LogP contribution in [0, 0.1) is 5.92 Å². The molecule has 2 fully saturated rings. The van der Waals surface area contributed by atoms with E-state index in [1.807, 2.05) is 30.3 Å². The Morgan fingerprint density at radius 1 is 1.00 bits per heavy atom. The van der Waals surface area contributed by atoms with E-state index in [0.717, 1.165) is 49.6 Å². The molecule has 0 radical (unpaired) electrons. The molecule has 2 heterocycles. The van der Waals surface area contributed by atoms with E-state index in [4.69, 9.17) is 4.74 Å². The number of likely N-dealkylation sites (N-methyl/N-ethyl adjacent to an activating group) is 1. The minimum absolute atomic E-state index is 0.272. The standard InChI is InChI=1S/C26H32BrN3O3S/c1-28-12-14-29(15-13-28)18-22-16-21-17-23(33-19-20-6-2-3-7-20)10-11-25(21)30(22)34(31,32)26-9-5-4-8-24(26)27/h4-5,8-11,16-17,20H,2-3,6-7,12-15,18-19H2,1H3. The molecule has 8 heteroatoms. The molecule has 1 aliphatic carbocycles. The molecule has 6 nitrogen and oxygen atoms in total. The summed E-state index contributed by atoms with van der Waals surface area (Å²) in [6.07, 6.45) is 5.05. The van der Waals surface area contributed by atoms with Crippen molar-refractivity contribution in [3.8, 4) is 5.75 Å². The van der Waals surface area contributed by atoms with Crippen LogP contribution < -0.4 is 4.74 Å². The highest BCUT2D eigenvalue weighted by atomic mass is 79.9. The Morgan fingerprint density at radius 3 is 2.47 bits per heavy atom. The maximum Gasteiger partial charge on any atom is 0.269 e. The Bertz CT molecular complexity index is 1260. The summed E-state index contributed by atoms with van der Waals surface area (Å²) < 4.78 is 36.0. The van der Waals surface area contributed by atoms with Crippen LogP contribution in [0.1, 0.15) is 31.4 Å². The van der Waals surface area contributed by atoms with E-state index in [9.17, 15) is 8.42 Å². The summed E-state index contributed by atoms with van der Waals surface area (Å²) in [5.41, 5.74) is 1.47. The Kier molecular flexibility index (Phi) is 7.02. The first-order valence-corrected chi connectivity index (χ1v) is 14.3. The predicted molar refractivity (Wildman–Crippen MR) is 139 cm³/mol. The van der Waals surface area contributed by atoms with Gasteiger partial charge in [0, 0.05) is 48.3 Å². The fraction of sp³-hybridized carbons (Fsp3) is 0.462. The zero-order valence-electron chi connectivity index (χ0n) is 19.6. The topological polar surface area (TPSA) is 54.8 Å². The Balaban J connectivity index is 1.52. The molecular weight excluding hydrogens is 514 g/mol. The summed E-state index contributed by atoms with van der Waals surface area (Å²) in [5, 5.41) is 0.892. The van der Waals surface area contributed by atoms with Crippen LogP contribution in [-0.2, 0) is 16.6 Å². The highest BCUT2D eigenvalue weighted by Crippen LogP contribution is 2.33. The van der Waals surface area contributed by atoms with E-state index in [2.05, 4.69) is 32.8 Å². The number of hydrogen-bond donors (Lipinski definition) is 0. The van der Waals surface area contributed by atoms with Crippen molar-refractivity contribution >= 4 is 36.9 Å². The van der Waals surface area contributed by atoms with Gasteiger partial charge in [-0.2, -0.15) is 0 Å². The second kappa shape index (κ2) is 10.0. The van der Waals surface area contributed by atoms with Gasteiger partial charge in [-0.15, -0.1) is 0 Å². The maximum absolute atomic E-state index is 13.9. The number of hydrogen-bond acceptors (Lipinski definition) is 5. The van der Waals surface area contributed by atoms with Gasteiger partial charge in [-0.25, -0.2) is 12.4 Å². The van der Waals surface area contributed by atoms with Gasteiger partial charge in [-0.05, 0) is 78.1 Å². The van der Waals surface area contributed by atoms with Crippen LogP contribution in [0.15, 0.2) is 57.9 Å². The van der Waals surface area contributed by atoms with Crippen molar-refractivity contribution < 1.29 is 13.2 Å². The van der Waals surface area contributed by atoms with Gasteiger partial charge in [-0.1, -0.05) is 25.0 Å². The van der Waals surface area contributed by atoms with Crippen LogP contribution >= 0.6 is 15.9 Å². The smallest absolute Gasteiger partial charge is 0.269 e. The predicted octanol–water partition coefficient (Wildman–Crippen LogP) is 4.96. The molecule has 2 aromatic carbocycles. The first kappa shape index (κ1) is 23.9. The summed E-state index contributed by atoms with van der Waals surface area (Å²) in [4.78, 5) is 4.91. The summed E-state index contributed by atoms with van der Waals surface area (Å²) >= 11 is 3.45. The van der Waals surface area contributed by atoms with E-state index in [1.54, 1.807) is 18.2 Å². The van der Waals surface area contributed by atoms with E-state index in [0.29, 0.717) is 22.5 Å². The van der Waals surface area contributed by atoms with Gasteiger partial charge in [0.05, 0.1) is 12.1 Å². The quantitative estimate of drug-likeness (QED) is 0.420. The summed E-state index contributed by atoms with van der Waals surface area (Å²) in [7, 11) is -1.67. The number of aromatic nitrogens is 1. The van der Waals surface area contributed by atoms with Gasteiger partial charge in [0.1, 0.15) is 10.6 Å². The van der Waals surface area contributed by atoms with Crippen molar-refractivity contribution in [2.24, 2.45) is 5.92 Å². The Morgan fingerprint density at radius 2 is 1.74 bits per heavy atom. The number of rotatable bonds is 7. The SMILES string of the molecule is CN1CCN(Cc2cc3cc(OCC4CCCC4)ccc3n2S(=O)(=O)c2ccccc2Br)CC1. The molecule has 1 saturated heterocycles. The van der Waals surface area contributed by atoms with Crippen molar-refractivity contribution in [2.45, 2.75) is 37.1 Å². The van der Waals surface area contributed by atoms with Crippen molar-refractivity contribution in [1.82, 2.24) is 13.8 Å². The summed E-state index contributed by atoms with van der Waals surface area (Å²) in [6.45, 7) is 5.12. The second-order valence-corrected chi connectivity index (χ2v) is 12.2. The van der Waals surface area contributed by atoms with Gasteiger partial charge in [-0.3, -0.25) is 4.90 Å². The summed E-state index contributed by atoms with van der Waals surface area (Å²) in [6, 6.07) is 14.8. The average molecular weight is 547 g/mol. The lowest BCUT2D eigenvalue weighted by atomic mass is 10.1. The Hall–Kier alpha value is -1.87. The van der Waals surface area contributed by atoms with Gasteiger partial charge in [0.15, 0.2) is 0 Å². The minimum Gasteiger partial charge on any atom is -0.493 e. The zero-order valence-corrected chi connectivity index (χ0v) is 22.0. The van der Waals surface area contributed by atoms with Gasteiger partial charge in [0.2, 0.25) is 0 Å². The molecule has 1 aromatic heterocycles. The minimum atomic E-state index is -3.79. The highest BCUT2D eigenvalue weighted by Gasteiger charge is 2.27. The normalized spacial score (nSPS) is 18.6. The summed E-state index contributed by atoms with van der Waals surface area (Å²) in [5.74, 6) is 1.44. The van der Waals surface area contributed by atoms with Gasteiger partial charge < -0.3 is 9.64 Å². The monoisotopic (exact) mass is 545 g/mol. The lowest BCUT2D eigenvalue weighted by Crippen LogP contribution is -2.44. The molecule has 3 aromatic rings. The van der Waals surface area contributed by atoms with Crippen LogP contribution in [0.25, 0.3) is 10.9 Å². The maximum atomic E-state index is 13.9. The fourth-order valence-electron chi connectivity index (χ4n) is 5.09. The molecule has 182 valence electrons. The third kappa shape index (κ3) is 4.91. The molecule has 0 atom stereocenters. The molecule has 0 N–H and O–H groups in total. The highest BCUT2D eigenvalue weighted by molar-refractivity contribution is 9.10. The van der Waals surface area contributed by atoms with E-state index < -0.39 is 10.0 Å². The molecule has 1 aliphatic heterocycles. The first-order valence-electron chi connectivity index (χ1n) is 12.1. The molecule has 0 bridgehead atoms. The van der Waals surface area contributed by atoms with Crippen LogP contribution in [-0.4, -0.2) is 62.0 Å². The van der Waals surface area contributed by atoms with E-state index in [1.165, 1.54) is 29.7 Å². The van der Waals surface area contributed by atoms with Crippen molar-refractivity contribution in [3.63, 3.8) is 0 Å². The number of benzene rings is 2. The molecule has 34 heavy (non-hydrogen) atoms. The fourth-order valence-corrected chi connectivity index (χ4v) is 7.59. The molecular formula is C26H32BrN3O3S. The third-order valence-corrected chi connectivity index (χ3v) is 9.88. The van der Waals surface area contributed by atoms with Crippen molar-refractivity contribution in [1.29, 1.82) is 0 Å². The van der Waals surface area contributed by atoms with Crippen LogP contribution in [0.3, 0.4) is 0 Å². The van der Waals surface area contributed by atoms with E-state index in [-0.39, 0.29) is 4.90 Å². The Labute approximate surface area is 210 Å². The van der Waals surface area contributed by atoms with Crippen LogP contribution in [0.2, 0.25) is 0 Å². The van der Waals surface area contributed by atoms with Gasteiger partial charge >= 0.3 is 0 Å². The van der Waals surface area contributed by atoms with E-state index >= 15 is 0 Å². The number of nitrogens with zero attached hydrogens (tertiary/aromatic N) is 3. The van der Waals surface area contributed by atoms with Crippen LogP contribution in [0.4, 0.5) is 0 Å². The lowest BCUT2D eigenvalue weighted by Gasteiger charge is -2.32. The number of ether oxygens (including phenoxy) is 1. The number of piperazine rings is 1. The van der Waals surface area contributed by atoms with Crippen LogP contribution in [0.5, 0.6) is 5.75 Å². The molecule has 5 rings (SSSR count).